The summed E-state index contributed by atoms with van der Waals surface area (Å²) in [4.78, 5) is 2.75. The maximum Gasteiger partial charge on any atom is 0.0104 e. The van der Waals surface area contributed by atoms with Crippen LogP contribution >= 0.6 is 0 Å². The van der Waals surface area contributed by atoms with E-state index in [0.717, 1.165) is 5.92 Å². The number of likely N-dealkylation sites (tertiary alicyclic amines) is 1. The fourth-order valence-corrected chi connectivity index (χ4v) is 4.36. The summed E-state index contributed by atoms with van der Waals surface area (Å²) in [5, 5.41) is 3.54. The van der Waals surface area contributed by atoms with Crippen LogP contribution < -0.4 is 5.32 Å². The lowest BCUT2D eigenvalue weighted by atomic mass is 9.73. The Hall–Kier alpha value is -0.860. The number of piperidine rings is 1. The van der Waals surface area contributed by atoms with Crippen molar-refractivity contribution in [2.75, 3.05) is 32.7 Å². The Morgan fingerprint density at radius 3 is 2.67 bits per heavy atom. The van der Waals surface area contributed by atoms with Crippen LogP contribution in [0.3, 0.4) is 0 Å². The van der Waals surface area contributed by atoms with Crippen molar-refractivity contribution in [1.82, 2.24) is 10.2 Å². The number of hydrogen-bond acceptors (Lipinski definition) is 2. The van der Waals surface area contributed by atoms with E-state index in [1.165, 1.54) is 64.8 Å². The molecular formula is C19H30N2. The molecule has 0 bridgehead atoms. The average molecular weight is 286 g/mol. The summed E-state index contributed by atoms with van der Waals surface area (Å²) in [7, 11) is 0. The van der Waals surface area contributed by atoms with Crippen molar-refractivity contribution in [3.05, 3.63) is 35.9 Å². The van der Waals surface area contributed by atoms with Gasteiger partial charge >= 0.3 is 0 Å². The number of hydrogen-bond donors (Lipinski definition) is 1. The maximum absolute atomic E-state index is 3.54. The predicted octanol–water partition coefficient (Wildman–Crippen LogP) is 3.43. The number of benzene rings is 1. The van der Waals surface area contributed by atoms with Crippen molar-refractivity contribution >= 4 is 0 Å². The third-order valence-electron chi connectivity index (χ3n) is 5.54. The van der Waals surface area contributed by atoms with Crippen LogP contribution in [-0.2, 0) is 5.41 Å². The van der Waals surface area contributed by atoms with Crippen molar-refractivity contribution in [2.45, 2.75) is 44.4 Å². The Morgan fingerprint density at radius 1 is 1.19 bits per heavy atom. The molecule has 1 aromatic rings. The molecule has 2 nitrogen and oxygen atoms in total. The van der Waals surface area contributed by atoms with Gasteiger partial charge < -0.3 is 10.2 Å². The first-order chi connectivity index (χ1) is 10.3. The van der Waals surface area contributed by atoms with E-state index in [2.05, 4.69) is 47.5 Å². The predicted molar refractivity (Wildman–Crippen MR) is 89.7 cm³/mol. The molecule has 1 N–H and O–H groups in total. The van der Waals surface area contributed by atoms with Gasteiger partial charge in [0.15, 0.2) is 0 Å². The first-order valence-corrected chi connectivity index (χ1v) is 8.81. The van der Waals surface area contributed by atoms with Crippen LogP contribution in [0.25, 0.3) is 0 Å². The fourth-order valence-electron chi connectivity index (χ4n) is 4.36. The zero-order valence-electron chi connectivity index (χ0n) is 13.5. The van der Waals surface area contributed by atoms with Crippen molar-refractivity contribution in [2.24, 2.45) is 5.92 Å². The molecule has 2 aliphatic heterocycles. The minimum Gasteiger partial charge on any atom is -0.317 e. The summed E-state index contributed by atoms with van der Waals surface area (Å²) in [5.41, 5.74) is 1.94. The summed E-state index contributed by atoms with van der Waals surface area (Å²) in [5.74, 6) is 0.949. The molecule has 0 aromatic heterocycles. The second kappa shape index (κ2) is 6.93. The minimum absolute atomic E-state index is 0.383. The van der Waals surface area contributed by atoms with Gasteiger partial charge in [0.25, 0.3) is 0 Å². The summed E-state index contributed by atoms with van der Waals surface area (Å²) in [6.07, 6.45) is 6.73. The molecule has 0 amide bonds. The van der Waals surface area contributed by atoms with E-state index in [1.807, 2.05) is 0 Å². The van der Waals surface area contributed by atoms with Crippen LogP contribution in [0, 0.1) is 5.92 Å². The minimum atomic E-state index is 0.383. The van der Waals surface area contributed by atoms with Crippen LogP contribution in [0.4, 0.5) is 0 Å². The largest absolute Gasteiger partial charge is 0.317 e. The van der Waals surface area contributed by atoms with Crippen LogP contribution in [0.1, 0.15) is 44.6 Å². The summed E-state index contributed by atoms with van der Waals surface area (Å²) < 4.78 is 0. The molecule has 0 aliphatic carbocycles. The van der Waals surface area contributed by atoms with Gasteiger partial charge in [-0.3, -0.25) is 0 Å². The molecule has 0 spiro atoms. The Morgan fingerprint density at radius 2 is 1.95 bits per heavy atom. The van der Waals surface area contributed by atoms with Crippen molar-refractivity contribution in [3.8, 4) is 0 Å². The van der Waals surface area contributed by atoms with E-state index < -0.39 is 0 Å². The Balaban J connectivity index is 1.72. The number of rotatable bonds is 5. The second-order valence-corrected chi connectivity index (χ2v) is 7.07. The second-order valence-electron chi connectivity index (χ2n) is 7.07. The lowest BCUT2D eigenvalue weighted by molar-refractivity contribution is 0.195. The van der Waals surface area contributed by atoms with E-state index in [1.54, 1.807) is 5.56 Å². The average Bonchev–Trinajstić information content (AvgIpc) is 2.96. The molecule has 3 rings (SSSR count). The highest BCUT2D eigenvalue weighted by molar-refractivity contribution is 5.27. The van der Waals surface area contributed by atoms with E-state index in [-0.39, 0.29) is 0 Å². The van der Waals surface area contributed by atoms with Gasteiger partial charge in [0, 0.05) is 18.5 Å². The van der Waals surface area contributed by atoms with Crippen molar-refractivity contribution in [3.63, 3.8) is 0 Å². The van der Waals surface area contributed by atoms with Gasteiger partial charge in [-0.1, -0.05) is 43.7 Å². The van der Waals surface area contributed by atoms with Gasteiger partial charge in [0.2, 0.25) is 0 Å². The first kappa shape index (κ1) is 15.1. The maximum atomic E-state index is 3.54. The molecule has 2 saturated heterocycles. The third kappa shape index (κ3) is 3.49. The fraction of sp³-hybridized carbons (Fsp3) is 0.684. The number of nitrogens with zero attached hydrogens (tertiary/aromatic N) is 1. The standard InChI is InChI=1S/C19H30N2/c1-2-6-17-9-14-21(15-17)16-19(10-12-20-13-11-19)18-7-4-3-5-8-18/h3-5,7-8,17,20H,2,6,9-16H2,1H3. The topological polar surface area (TPSA) is 15.3 Å². The molecule has 1 atom stereocenters. The zero-order valence-corrected chi connectivity index (χ0v) is 13.5. The SMILES string of the molecule is CCCC1CCN(CC2(c3ccccc3)CCNCC2)C1. The molecule has 1 unspecified atom stereocenters. The third-order valence-corrected chi connectivity index (χ3v) is 5.54. The normalized spacial score (nSPS) is 26.0. The van der Waals surface area contributed by atoms with Crippen molar-refractivity contribution in [1.29, 1.82) is 0 Å². The summed E-state index contributed by atoms with van der Waals surface area (Å²) in [6, 6.07) is 11.3. The van der Waals surface area contributed by atoms with E-state index in [4.69, 9.17) is 0 Å². The lowest BCUT2D eigenvalue weighted by Crippen LogP contribution is -2.47. The molecule has 2 heterocycles. The molecule has 116 valence electrons. The van der Waals surface area contributed by atoms with Gasteiger partial charge in [-0.25, -0.2) is 0 Å². The summed E-state index contributed by atoms with van der Waals surface area (Å²) in [6.45, 7) is 8.56. The van der Waals surface area contributed by atoms with Gasteiger partial charge in [-0.15, -0.1) is 0 Å². The highest BCUT2D eigenvalue weighted by Gasteiger charge is 2.37. The molecule has 21 heavy (non-hydrogen) atoms. The van der Waals surface area contributed by atoms with Gasteiger partial charge in [-0.05, 0) is 56.8 Å². The van der Waals surface area contributed by atoms with Gasteiger partial charge in [-0.2, -0.15) is 0 Å². The molecule has 0 radical (unpaired) electrons. The van der Waals surface area contributed by atoms with E-state index in [9.17, 15) is 0 Å². The highest BCUT2D eigenvalue weighted by atomic mass is 15.2. The van der Waals surface area contributed by atoms with Crippen LogP contribution in [0.2, 0.25) is 0 Å². The first-order valence-electron chi connectivity index (χ1n) is 8.81. The zero-order chi connectivity index (χ0) is 14.5. The van der Waals surface area contributed by atoms with Crippen LogP contribution in [0.15, 0.2) is 30.3 Å². The van der Waals surface area contributed by atoms with E-state index in [0.29, 0.717) is 5.41 Å². The molecule has 2 heteroatoms. The quantitative estimate of drug-likeness (QED) is 0.892. The molecule has 2 aliphatic rings. The summed E-state index contributed by atoms with van der Waals surface area (Å²) >= 11 is 0. The highest BCUT2D eigenvalue weighted by Crippen LogP contribution is 2.36. The smallest absolute Gasteiger partial charge is 0.0104 e. The molecule has 1 aromatic carbocycles. The Kier molecular flexibility index (Phi) is 4.97. The van der Waals surface area contributed by atoms with Crippen LogP contribution in [-0.4, -0.2) is 37.6 Å². The number of nitrogens with one attached hydrogen (secondary N) is 1. The van der Waals surface area contributed by atoms with Crippen LogP contribution in [0.5, 0.6) is 0 Å². The Bertz CT molecular complexity index is 422. The lowest BCUT2D eigenvalue weighted by Gasteiger charge is -2.41. The van der Waals surface area contributed by atoms with Gasteiger partial charge in [0.05, 0.1) is 0 Å². The molecular weight excluding hydrogens is 256 g/mol. The Labute approximate surface area is 129 Å². The monoisotopic (exact) mass is 286 g/mol. The van der Waals surface area contributed by atoms with E-state index >= 15 is 0 Å². The molecule has 0 saturated carbocycles. The van der Waals surface area contributed by atoms with Crippen molar-refractivity contribution < 1.29 is 0 Å². The molecule has 2 fully saturated rings. The van der Waals surface area contributed by atoms with Gasteiger partial charge in [0.1, 0.15) is 0 Å².